The van der Waals surface area contributed by atoms with E-state index in [4.69, 9.17) is 0 Å². The van der Waals surface area contributed by atoms with Crippen molar-refractivity contribution < 1.29 is 4.39 Å². The molecule has 0 unspecified atom stereocenters. The molecule has 0 aliphatic heterocycles. The van der Waals surface area contributed by atoms with Gasteiger partial charge in [-0.1, -0.05) is 27.7 Å². The Bertz CT molecular complexity index is 504. The van der Waals surface area contributed by atoms with Gasteiger partial charge in [-0.15, -0.1) is 0 Å². The topological polar surface area (TPSA) is 12.9 Å². The van der Waals surface area contributed by atoms with Gasteiger partial charge in [0.15, 0.2) is 0 Å². The van der Waals surface area contributed by atoms with Crippen molar-refractivity contribution in [3.63, 3.8) is 0 Å². The molecule has 100 valence electrons. The Morgan fingerprint density at radius 1 is 1.00 bits per heavy atom. The highest BCUT2D eigenvalue weighted by Crippen LogP contribution is 2.25. The molecule has 0 saturated carbocycles. The summed E-state index contributed by atoms with van der Waals surface area (Å²) in [6, 6.07) is 3.44. The fraction of sp³-hybridized carbons (Fsp3) is 0.438. The third kappa shape index (κ3) is 3.28. The Balaban J connectivity index is 0.000000659. The lowest BCUT2D eigenvalue weighted by atomic mass is 10.0. The van der Waals surface area contributed by atoms with Gasteiger partial charge in [-0.05, 0) is 49.4 Å². The zero-order valence-corrected chi connectivity index (χ0v) is 12.6. The number of nitrogens with zero attached hydrogens (tertiary/aromatic N) is 1. The molecule has 0 aliphatic rings. The maximum Gasteiger partial charge on any atom is 0.133 e. The van der Waals surface area contributed by atoms with E-state index in [1.165, 1.54) is 0 Å². The number of aryl methyl sites for hydroxylation is 3. The van der Waals surface area contributed by atoms with Crippen molar-refractivity contribution in [1.82, 2.24) is 4.98 Å². The number of hydrogen-bond acceptors (Lipinski definition) is 1. The van der Waals surface area contributed by atoms with E-state index >= 15 is 0 Å². The van der Waals surface area contributed by atoms with Gasteiger partial charge in [0.25, 0.3) is 0 Å². The Labute approximate surface area is 110 Å². The molecule has 0 fully saturated rings. The molecule has 0 amide bonds. The van der Waals surface area contributed by atoms with Crippen molar-refractivity contribution in [2.75, 3.05) is 0 Å². The predicted octanol–water partition coefficient (Wildman–Crippen LogP) is 5.35. The number of rotatable bonds is 0. The van der Waals surface area contributed by atoms with Crippen LogP contribution in [0.3, 0.4) is 0 Å². The third-order valence-corrected chi connectivity index (χ3v) is 2.72. The van der Waals surface area contributed by atoms with Crippen molar-refractivity contribution in [3.8, 4) is 0 Å². The van der Waals surface area contributed by atoms with Gasteiger partial charge in [-0.25, -0.2) is 4.39 Å². The molecule has 1 heterocycles. The first-order valence-electron chi connectivity index (χ1n) is 6.62. The zero-order valence-electron chi connectivity index (χ0n) is 12.6. The fourth-order valence-electron chi connectivity index (χ4n) is 1.76. The molecule has 2 aromatic rings. The van der Waals surface area contributed by atoms with E-state index in [0.717, 1.165) is 22.2 Å². The minimum atomic E-state index is -0.172. The Hall–Kier alpha value is -1.44. The zero-order chi connectivity index (χ0) is 14.3. The molecular formula is C16H24FN. The van der Waals surface area contributed by atoms with Gasteiger partial charge in [-0.3, -0.25) is 4.98 Å². The van der Waals surface area contributed by atoms with Gasteiger partial charge in [0.05, 0.1) is 0 Å². The highest BCUT2D eigenvalue weighted by molar-refractivity contribution is 5.88. The lowest BCUT2D eigenvalue weighted by Crippen LogP contribution is -1.92. The molecule has 0 N–H and O–H groups in total. The summed E-state index contributed by atoms with van der Waals surface area (Å²) in [5, 5.41) is 1.62. The van der Waals surface area contributed by atoms with Gasteiger partial charge in [-0.2, -0.15) is 0 Å². The smallest absolute Gasteiger partial charge is 0.133 e. The quantitative estimate of drug-likeness (QED) is 0.613. The van der Waals surface area contributed by atoms with Crippen molar-refractivity contribution in [3.05, 3.63) is 41.0 Å². The van der Waals surface area contributed by atoms with Crippen LogP contribution in [0.15, 0.2) is 18.3 Å². The molecule has 0 saturated heterocycles. The lowest BCUT2D eigenvalue weighted by Gasteiger charge is -2.08. The SMILES string of the molecule is CC.CC.Cc1cc(F)c2c(C)nccc2c1C. The van der Waals surface area contributed by atoms with E-state index in [1.807, 2.05) is 54.5 Å². The van der Waals surface area contributed by atoms with Gasteiger partial charge >= 0.3 is 0 Å². The standard InChI is InChI=1S/C12H12FN.2C2H6/c1-7-6-11(13)12-9(3)14-5-4-10(12)8(7)2;2*1-2/h4-6H,1-3H3;2*1-2H3. The first-order valence-corrected chi connectivity index (χ1v) is 6.62. The van der Waals surface area contributed by atoms with Crippen LogP contribution in [0.25, 0.3) is 10.8 Å². The van der Waals surface area contributed by atoms with Gasteiger partial charge in [0, 0.05) is 17.3 Å². The number of benzene rings is 1. The van der Waals surface area contributed by atoms with Crippen LogP contribution in [0.2, 0.25) is 0 Å². The summed E-state index contributed by atoms with van der Waals surface area (Å²) >= 11 is 0. The molecule has 0 atom stereocenters. The molecule has 0 aliphatic carbocycles. The number of aromatic nitrogens is 1. The van der Waals surface area contributed by atoms with Gasteiger partial charge < -0.3 is 0 Å². The van der Waals surface area contributed by atoms with Crippen LogP contribution in [0.5, 0.6) is 0 Å². The monoisotopic (exact) mass is 249 g/mol. The molecule has 0 bridgehead atoms. The summed E-state index contributed by atoms with van der Waals surface area (Å²) < 4.78 is 13.6. The second kappa shape index (κ2) is 7.80. The highest BCUT2D eigenvalue weighted by atomic mass is 19.1. The summed E-state index contributed by atoms with van der Waals surface area (Å²) in [4.78, 5) is 4.10. The first-order chi connectivity index (χ1) is 8.61. The fourth-order valence-corrected chi connectivity index (χ4v) is 1.76. The van der Waals surface area contributed by atoms with Crippen molar-refractivity contribution >= 4 is 10.8 Å². The molecule has 2 heteroatoms. The summed E-state index contributed by atoms with van der Waals surface area (Å²) in [6.07, 6.45) is 1.73. The van der Waals surface area contributed by atoms with Crippen LogP contribution >= 0.6 is 0 Å². The van der Waals surface area contributed by atoms with E-state index in [-0.39, 0.29) is 5.82 Å². The van der Waals surface area contributed by atoms with Crippen LogP contribution in [0.1, 0.15) is 44.5 Å². The van der Waals surface area contributed by atoms with E-state index in [0.29, 0.717) is 5.39 Å². The Kier molecular flexibility index (Phi) is 7.18. The first kappa shape index (κ1) is 16.6. The van der Waals surface area contributed by atoms with Crippen LogP contribution in [0, 0.1) is 26.6 Å². The number of hydrogen-bond donors (Lipinski definition) is 0. The molecular weight excluding hydrogens is 225 g/mol. The molecule has 1 aromatic heterocycles. The van der Waals surface area contributed by atoms with Crippen LogP contribution in [-0.2, 0) is 0 Å². The lowest BCUT2D eigenvalue weighted by molar-refractivity contribution is 0.637. The highest BCUT2D eigenvalue weighted by Gasteiger charge is 2.08. The third-order valence-electron chi connectivity index (χ3n) is 2.72. The molecule has 18 heavy (non-hydrogen) atoms. The van der Waals surface area contributed by atoms with Crippen molar-refractivity contribution in [2.45, 2.75) is 48.5 Å². The maximum absolute atomic E-state index is 13.6. The Morgan fingerprint density at radius 2 is 1.56 bits per heavy atom. The predicted molar refractivity (Wildman–Crippen MR) is 78.6 cm³/mol. The van der Waals surface area contributed by atoms with Gasteiger partial charge in [0.2, 0.25) is 0 Å². The van der Waals surface area contributed by atoms with E-state index in [9.17, 15) is 4.39 Å². The number of fused-ring (bicyclic) bond motifs is 1. The average molecular weight is 249 g/mol. The van der Waals surface area contributed by atoms with Crippen LogP contribution in [-0.4, -0.2) is 4.98 Å². The summed E-state index contributed by atoms with van der Waals surface area (Å²) in [5.74, 6) is -0.172. The van der Waals surface area contributed by atoms with Crippen LogP contribution < -0.4 is 0 Å². The van der Waals surface area contributed by atoms with E-state index in [2.05, 4.69) is 4.98 Å². The molecule has 1 nitrogen and oxygen atoms in total. The maximum atomic E-state index is 13.6. The van der Waals surface area contributed by atoms with Crippen LogP contribution in [0.4, 0.5) is 4.39 Å². The summed E-state index contributed by atoms with van der Waals surface area (Å²) in [5.41, 5.74) is 2.87. The summed E-state index contributed by atoms with van der Waals surface area (Å²) in [7, 11) is 0. The molecule has 0 spiro atoms. The molecule has 2 rings (SSSR count). The van der Waals surface area contributed by atoms with Gasteiger partial charge in [0.1, 0.15) is 5.82 Å². The second-order valence-corrected chi connectivity index (χ2v) is 3.62. The van der Waals surface area contributed by atoms with E-state index < -0.39 is 0 Å². The number of halogens is 1. The number of pyridine rings is 1. The Morgan fingerprint density at radius 3 is 2.11 bits per heavy atom. The van der Waals surface area contributed by atoms with Crippen molar-refractivity contribution in [1.29, 1.82) is 0 Å². The molecule has 1 aromatic carbocycles. The normalized spacial score (nSPS) is 9.11. The minimum Gasteiger partial charge on any atom is -0.261 e. The van der Waals surface area contributed by atoms with Crippen molar-refractivity contribution in [2.24, 2.45) is 0 Å². The average Bonchev–Trinajstić information content (AvgIpc) is 2.40. The summed E-state index contributed by atoms with van der Waals surface area (Å²) in [6.45, 7) is 13.8. The van der Waals surface area contributed by atoms with E-state index in [1.54, 1.807) is 12.3 Å². The second-order valence-electron chi connectivity index (χ2n) is 3.62. The largest absolute Gasteiger partial charge is 0.261 e. The molecule has 0 radical (unpaired) electrons. The minimum absolute atomic E-state index is 0.172.